The second-order valence-corrected chi connectivity index (χ2v) is 6.19. The van der Waals surface area contributed by atoms with E-state index in [0.29, 0.717) is 12.0 Å². The molecule has 2 rings (SSSR count). The molecule has 1 aliphatic carbocycles. The van der Waals surface area contributed by atoms with E-state index in [1.807, 2.05) is 6.92 Å². The minimum Gasteiger partial charge on any atom is -0.297 e. The Morgan fingerprint density at radius 2 is 2.11 bits per heavy atom. The first-order chi connectivity index (χ1) is 8.35. The lowest BCUT2D eigenvalue weighted by Gasteiger charge is -2.18. The summed E-state index contributed by atoms with van der Waals surface area (Å²) in [6, 6.07) is -0.00110. The minimum atomic E-state index is -0.384. The zero-order valence-electron chi connectivity index (χ0n) is 11.0. The van der Waals surface area contributed by atoms with Crippen molar-refractivity contribution in [2.24, 2.45) is 5.41 Å². The number of hydrogen-bond donors (Lipinski definition) is 1. The van der Waals surface area contributed by atoms with Crippen LogP contribution in [0, 0.1) is 5.41 Å². The average molecular weight is 271 g/mol. The van der Waals surface area contributed by atoms with Gasteiger partial charge in [-0.1, -0.05) is 32.4 Å². The molecule has 1 atom stereocenters. The molecule has 1 aromatic heterocycles. The van der Waals surface area contributed by atoms with Crippen molar-refractivity contribution in [1.29, 1.82) is 0 Å². The van der Waals surface area contributed by atoms with Crippen LogP contribution in [0.3, 0.4) is 0 Å². The van der Waals surface area contributed by atoms with Crippen LogP contribution in [0.25, 0.3) is 0 Å². The van der Waals surface area contributed by atoms with Gasteiger partial charge in [0.25, 0.3) is 5.56 Å². The number of aromatic amines is 1. The molecule has 1 unspecified atom stereocenters. The molecule has 0 aliphatic heterocycles. The van der Waals surface area contributed by atoms with Crippen LogP contribution in [0.15, 0.2) is 9.59 Å². The van der Waals surface area contributed by atoms with Crippen molar-refractivity contribution < 1.29 is 0 Å². The van der Waals surface area contributed by atoms with Gasteiger partial charge in [0.05, 0.1) is 5.56 Å². The highest BCUT2D eigenvalue weighted by Crippen LogP contribution is 2.42. The molecule has 0 saturated heterocycles. The van der Waals surface area contributed by atoms with Crippen LogP contribution < -0.4 is 11.2 Å². The van der Waals surface area contributed by atoms with Gasteiger partial charge in [-0.05, 0) is 31.1 Å². The van der Waals surface area contributed by atoms with E-state index < -0.39 is 0 Å². The van der Waals surface area contributed by atoms with Gasteiger partial charge in [0.2, 0.25) is 0 Å². The van der Waals surface area contributed by atoms with Gasteiger partial charge in [-0.25, -0.2) is 4.79 Å². The summed E-state index contributed by atoms with van der Waals surface area (Å²) in [5.41, 5.74) is 0.0857. The SMILES string of the molecule is CCc1c(Cl)[nH]c(=O)n(C2CCC(C)(C)C2)c1=O. The average Bonchev–Trinajstić information content (AvgIpc) is 2.58. The molecule has 0 radical (unpaired) electrons. The molecule has 0 bridgehead atoms. The Bertz CT molecular complexity index is 571. The van der Waals surface area contributed by atoms with Gasteiger partial charge in [-0.15, -0.1) is 0 Å². The largest absolute Gasteiger partial charge is 0.329 e. The zero-order chi connectivity index (χ0) is 13.5. The van der Waals surface area contributed by atoms with Crippen LogP contribution in [-0.2, 0) is 6.42 Å². The van der Waals surface area contributed by atoms with Gasteiger partial charge in [-0.3, -0.25) is 14.3 Å². The van der Waals surface area contributed by atoms with Crippen LogP contribution in [0.4, 0.5) is 0 Å². The Balaban J connectivity index is 2.53. The summed E-state index contributed by atoms with van der Waals surface area (Å²) in [6.07, 6.45) is 3.31. The first-order valence-corrected chi connectivity index (χ1v) is 6.76. The molecular formula is C13H19ClN2O2. The molecule has 1 fully saturated rings. The summed E-state index contributed by atoms with van der Waals surface area (Å²) < 4.78 is 1.36. The van der Waals surface area contributed by atoms with Crippen LogP contribution in [0.5, 0.6) is 0 Å². The van der Waals surface area contributed by atoms with Gasteiger partial charge in [0.1, 0.15) is 5.15 Å². The fourth-order valence-electron chi connectivity index (χ4n) is 2.82. The van der Waals surface area contributed by atoms with Crippen LogP contribution >= 0.6 is 11.6 Å². The summed E-state index contributed by atoms with van der Waals surface area (Å²) in [4.78, 5) is 26.8. The Morgan fingerprint density at radius 3 is 2.61 bits per heavy atom. The van der Waals surface area contributed by atoms with Crippen molar-refractivity contribution in [2.75, 3.05) is 0 Å². The fraction of sp³-hybridized carbons (Fsp3) is 0.692. The summed E-state index contributed by atoms with van der Waals surface area (Å²) in [5, 5.41) is 0.181. The third kappa shape index (κ3) is 2.26. The van der Waals surface area contributed by atoms with E-state index in [9.17, 15) is 9.59 Å². The standard InChI is InChI=1S/C13H19ClN2O2/c1-4-9-10(14)15-12(18)16(11(9)17)8-5-6-13(2,3)7-8/h8H,4-7H2,1-3H3,(H,15,18). The molecule has 4 nitrogen and oxygen atoms in total. The number of rotatable bonds is 2. The van der Waals surface area contributed by atoms with Crippen LogP contribution in [0.2, 0.25) is 5.15 Å². The van der Waals surface area contributed by atoms with Crippen molar-refractivity contribution >= 4 is 11.6 Å². The number of H-pyrrole nitrogens is 1. The molecule has 1 aromatic rings. The molecule has 0 aromatic carbocycles. The Morgan fingerprint density at radius 1 is 1.44 bits per heavy atom. The molecule has 5 heteroatoms. The van der Waals surface area contributed by atoms with Gasteiger partial charge in [-0.2, -0.15) is 0 Å². The maximum absolute atomic E-state index is 12.3. The van der Waals surface area contributed by atoms with Gasteiger partial charge >= 0.3 is 5.69 Å². The molecule has 0 amide bonds. The smallest absolute Gasteiger partial charge is 0.297 e. The third-order valence-electron chi connectivity index (χ3n) is 3.84. The first kappa shape index (κ1) is 13.4. The van der Waals surface area contributed by atoms with E-state index in [1.54, 1.807) is 0 Å². The van der Waals surface area contributed by atoms with E-state index >= 15 is 0 Å². The van der Waals surface area contributed by atoms with Crippen molar-refractivity contribution in [3.63, 3.8) is 0 Å². The van der Waals surface area contributed by atoms with Crippen molar-refractivity contribution in [1.82, 2.24) is 9.55 Å². The maximum atomic E-state index is 12.3. The first-order valence-electron chi connectivity index (χ1n) is 6.39. The summed E-state index contributed by atoms with van der Waals surface area (Å²) >= 11 is 5.90. The molecule has 1 aliphatic rings. The number of nitrogens with one attached hydrogen (secondary N) is 1. The Labute approximate surface area is 111 Å². The number of nitrogens with zero attached hydrogens (tertiary/aromatic N) is 1. The Kier molecular flexibility index (Phi) is 3.41. The second kappa shape index (κ2) is 4.57. The normalized spacial score (nSPS) is 22.3. The number of hydrogen-bond acceptors (Lipinski definition) is 2. The molecule has 1 saturated carbocycles. The zero-order valence-corrected chi connectivity index (χ0v) is 11.8. The predicted octanol–water partition coefficient (Wildman–Crippen LogP) is 2.50. The van der Waals surface area contributed by atoms with E-state index in [0.717, 1.165) is 19.3 Å². The lowest BCUT2D eigenvalue weighted by Crippen LogP contribution is -2.39. The minimum absolute atomic E-state index is 0.00110. The van der Waals surface area contributed by atoms with E-state index in [2.05, 4.69) is 18.8 Å². The van der Waals surface area contributed by atoms with E-state index in [4.69, 9.17) is 11.6 Å². The Hall–Kier alpha value is -1.03. The summed E-state index contributed by atoms with van der Waals surface area (Å²) in [6.45, 7) is 6.20. The molecule has 100 valence electrons. The molecule has 0 spiro atoms. The second-order valence-electron chi connectivity index (χ2n) is 5.81. The van der Waals surface area contributed by atoms with E-state index in [1.165, 1.54) is 4.57 Å². The lowest BCUT2D eigenvalue weighted by molar-refractivity contribution is 0.352. The quantitative estimate of drug-likeness (QED) is 0.840. The van der Waals surface area contributed by atoms with Gasteiger partial charge in [0, 0.05) is 6.04 Å². The van der Waals surface area contributed by atoms with Gasteiger partial charge < -0.3 is 0 Å². The molecule has 1 heterocycles. The van der Waals surface area contributed by atoms with Crippen LogP contribution in [0.1, 0.15) is 51.6 Å². The third-order valence-corrected chi connectivity index (χ3v) is 4.16. The van der Waals surface area contributed by atoms with E-state index in [-0.39, 0.29) is 27.9 Å². The fourth-order valence-corrected chi connectivity index (χ4v) is 3.11. The topological polar surface area (TPSA) is 54.9 Å². The molecule has 18 heavy (non-hydrogen) atoms. The summed E-state index contributed by atoms with van der Waals surface area (Å²) in [7, 11) is 0. The van der Waals surface area contributed by atoms with Crippen molar-refractivity contribution in [3.8, 4) is 0 Å². The highest BCUT2D eigenvalue weighted by atomic mass is 35.5. The molecule has 1 N–H and O–H groups in total. The van der Waals surface area contributed by atoms with Crippen LogP contribution in [-0.4, -0.2) is 9.55 Å². The highest BCUT2D eigenvalue weighted by molar-refractivity contribution is 6.30. The summed E-state index contributed by atoms with van der Waals surface area (Å²) in [5.74, 6) is 0. The predicted molar refractivity (Wildman–Crippen MR) is 72.4 cm³/mol. The monoisotopic (exact) mass is 270 g/mol. The van der Waals surface area contributed by atoms with Crippen molar-refractivity contribution in [2.45, 2.75) is 52.5 Å². The number of aromatic nitrogens is 2. The highest BCUT2D eigenvalue weighted by Gasteiger charge is 2.33. The van der Waals surface area contributed by atoms with Gasteiger partial charge in [0.15, 0.2) is 0 Å². The maximum Gasteiger partial charge on any atom is 0.329 e. The number of halogens is 1. The van der Waals surface area contributed by atoms with Crippen molar-refractivity contribution in [3.05, 3.63) is 31.6 Å². The molecular weight excluding hydrogens is 252 g/mol. The lowest BCUT2D eigenvalue weighted by atomic mass is 9.92.